The van der Waals surface area contributed by atoms with E-state index in [0.717, 1.165) is 25.9 Å². The fourth-order valence-electron chi connectivity index (χ4n) is 2.60. The van der Waals surface area contributed by atoms with E-state index in [0.29, 0.717) is 12.1 Å². The van der Waals surface area contributed by atoms with Gasteiger partial charge in [-0.15, -0.1) is 0 Å². The number of benzene rings is 1. The van der Waals surface area contributed by atoms with Gasteiger partial charge in [0, 0.05) is 25.2 Å². The van der Waals surface area contributed by atoms with Crippen LogP contribution in [0.4, 0.5) is 4.39 Å². The SMILES string of the molecule is CC(C(=O)N1CCCCC1)N(C)Cc1ccccc1F. The van der Waals surface area contributed by atoms with Crippen LogP contribution in [-0.4, -0.2) is 41.9 Å². The molecule has 0 spiro atoms. The molecule has 2 rings (SSSR count). The molecule has 1 fully saturated rings. The van der Waals surface area contributed by atoms with Gasteiger partial charge in [0.1, 0.15) is 5.82 Å². The molecule has 20 heavy (non-hydrogen) atoms. The first kappa shape index (κ1) is 15.0. The Morgan fingerprint density at radius 1 is 1.30 bits per heavy atom. The lowest BCUT2D eigenvalue weighted by Gasteiger charge is -2.32. The van der Waals surface area contributed by atoms with Crippen molar-refractivity contribution < 1.29 is 9.18 Å². The van der Waals surface area contributed by atoms with E-state index < -0.39 is 0 Å². The molecule has 1 aromatic carbocycles. The maximum absolute atomic E-state index is 13.6. The van der Waals surface area contributed by atoms with E-state index in [4.69, 9.17) is 0 Å². The normalized spacial score (nSPS) is 17.3. The number of amides is 1. The van der Waals surface area contributed by atoms with Gasteiger partial charge < -0.3 is 4.90 Å². The van der Waals surface area contributed by atoms with Gasteiger partial charge in [0.15, 0.2) is 0 Å². The van der Waals surface area contributed by atoms with Crippen LogP contribution in [0, 0.1) is 5.82 Å². The molecule has 0 radical (unpaired) electrons. The van der Waals surface area contributed by atoms with E-state index in [2.05, 4.69) is 0 Å². The first-order chi connectivity index (χ1) is 9.59. The van der Waals surface area contributed by atoms with Crippen LogP contribution in [0.1, 0.15) is 31.7 Å². The highest BCUT2D eigenvalue weighted by Gasteiger charge is 2.25. The molecule has 1 heterocycles. The van der Waals surface area contributed by atoms with E-state index in [1.807, 2.05) is 29.8 Å². The number of likely N-dealkylation sites (tertiary alicyclic amines) is 1. The second-order valence-corrected chi connectivity index (χ2v) is 5.57. The van der Waals surface area contributed by atoms with Crippen LogP contribution in [0.25, 0.3) is 0 Å². The number of nitrogens with zero attached hydrogens (tertiary/aromatic N) is 2. The number of carbonyl (C=O) groups excluding carboxylic acids is 1. The van der Waals surface area contributed by atoms with Crippen LogP contribution in [0.15, 0.2) is 24.3 Å². The molecule has 3 nitrogen and oxygen atoms in total. The van der Waals surface area contributed by atoms with Gasteiger partial charge >= 0.3 is 0 Å². The molecule has 0 N–H and O–H groups in total. The van der Waals surface area contributed by atoms with Gasteiger partial charge in [-0.05, 0) is 39.3 Å². The molecule has 1 amide bonds. The van der Waals surface area contributed by atoms with E-state index in [1.165, 1.54) is 12.5 Å². The second-order valence-electron chi connectivity index (χ2n) is 5.57. The molecular weight excluding hydrogens is 255 g/mol. The molecule has 4 heteroatoms. The van der Waals surface area contributed by atoms with E-state index >= 15 is 0 Å². The van der Waals surface area contributed by atoms with Gasteiger partial charge in [-0.1, -0.05) is 18.2 Å². The molecule has 0 aliphatic carbocycles. The Labute approximate surface area is 120 Å². The van der Waals surface area contributed by atoms with Crippen molar-refractivity contribution in [3.05, 3.63) is 35.6 Å². The molecule has 1 atom stereocenters. The average molecular weight is 278 g/mol. The average Bonchev–Trinajstić information content (AvgIpc) is 2.49. The summed E-state index contributed by atoms with van der Waals surface area (Å²) in [5.41, 5.74) is 0.633. The zero-order chi connectivity index (χ0) is 14.5. The summed E-state index contributed by atoms with van der Waals surface area (Å²) in [5.74, 6) is -0.0551. The quantitative estimate of drug-likeness (QED) is 0.845. The van der Waals surface area contributed by atoms with Gasteiger partial charge in [-0.25, -0.2) is 4.39 Å². The van der Waals surface area contributed by atoms with Gasteiger partial charge in [0.25, 0.3) is 0 Å². The Morgan fingerprint density at radius 3 is 2.60 bits per heavy atom. The van der Waals surface area contributed by atoms with E-state index in [9.17, 15) is 9.18 Å². The largest absolute Gasteiger partial charge is 0.341 e. The zero-order valence-corrected chi connectivity index (χ0v) is 12.3. The molecule has 1 unspecified atom stereocenters. The lowest BCUT2D eigenvalue weighted by Crippen LogP contribution is -2.47. The van der Waals surface area contributed by atoms with Crippen molar-refractivity contribution in [2.75, 3.05) is 20.1 Å². The summed E-state index contributed by atoms with van der Waals surface area (Å²) in [5, 5.41) is 0. The second kappa shape index (κ2) is 6.84. The minimum Gasteiger partial charge on any atom is -0.341 e. The highest BCUT2D eigenvalue weighted by atomic mass is 19.1. The third-order valence-electron chi connectivity index (χ3n) is 4.06. The third kappa shape index (κ3) is 3.57. The Balaban J connectivity index is 1.95. The minimum absolute atomic E-state index is 0.156. The van der Waals surface area contributed by atoms with Crippen molar-refractivity contribution in [3.8, 4) is 0 Å². The van der Waals surface area contributed by atoms with Crippen LogP contribution >= 0.6 is 0 Å². The molecule has 1 aliphatic rings. The lowest BCUT2D eigenvalue weighted by atomic mass is 10.1. The first-order valence-corrected chi connectivity index (χ1v) is 7.32. The van der Waals surface area contributed by atoms with Crippen molar-refractivity contribution in [1.82, 2.24) is 9.80 Å². The monoisotopic (exact) mass is 278 g/mol. The van der Waals surface area contributed by atoms with Gasteiger partial charge in [-0.3, -0.25) is 9.69 Å². The minimum atomic E-state index is -0.215. The topological polar surface area (TPSA) is 23.6 Å². The fourth-order valence-corrected chi connectivity index (χ4v) is 2.60. The molecule has 1 aliphatic heterocycles. The zero-order valence-electron chi connectivity index (χ0n) is 12.3. The molecule has 0 bridgehead atoms. The molecule has 0 aromatic heterocycles. The molecule has 1 aromatic rings. The molecule has 1 saturated heterocycles. The van der Waals surface area contributed by atoms with Crippen molar-refractivity contribution in [1.29, 1.82) is 0 Å². The number of piperidine rings is 1. The van der Waals surface area contributed by atoms with Crippen LogP contribution in [0.3, 0.4) is 0 Å². The van der Waals surface area contributed by atoms with Crippen LogP contribution < -0.4 is 0 Å². The van der Waals surface area contributed by atoms with E-state index in [1.54, 1.807) is 12.1 Å². The summed E-state index contributed by atoms with van der Waals surface area (Å²) in [7, 11) is 1.87. The molecule has 110 valence electrons. The number of rotatable bonds is 4. The predicted octanol–water partition coefficient (Wildman–Crippen LogP) is 2.66. The summed E-state index contributed by atoms with van der Waals surface area (Å²) in [6.07, 6.45) is 3.40. The van der Waals surface area contributed by atoms with Gasteiger partial charge in [0.2, 0.25) is 5.91 Å². The predicted molar refractivity (Wildman–Crippen MR) is 77.8 cm³/mol. The van der Waals surface area contributed by atoms with Crippen LogP contribution in [0.2, 0.25) is 0 Å². The number of carbonyl (C=O) groups is 1. The number of likely N-dealkylation sites (N-methyl/N-ethyl adjacent to an activating group) is 1. The number of halogens is 1. The molecular formula is C16H23FN2O. The van der Waals surface area contributed by atoms with Crippen molar-refractivity contribution in [2.45, 2.75) is 38.8 Å². The maximum atomic E-state index is 13.6. The highest BCUT2D eigenvalue weighted by molar-refractivity contribution is 5.81. The van der Waals surface area contributed by atoms with Crippen LogP contribution in [0.5, 0.6) is 0 Å². The standard InChI is InChI=1S/C16H23FN2O/c1-13(16(20)19-10-6-3-7-11-19)18(2)12-14-8-4-5-9-15(14)17/h4-5,8-9,13H,3,6-7,10-12H2,1-2H3. The smallest absolute Gasteiger partial charge is 0.239 e. The van der Waals surface area contributed by atoms with Gasteiger partial charge in [0.05, 0.1) is 6.04 Å². The Bertz CT molecular complexity index is 458. The summed E-state index contributed by atoms with van der Waals surface area (Å²) < 4.78 is 13.6. The van der Waals surface area contributed by atoms with Crippen molar-refractivity contribution in [2.24, 2.45) is 0 Å². The van der Waals surface area contributed by atoms with E-state index in [-0.39, 0.29) is 17.8 Å². The summed E-state index contributed by atoms with van der Waals surface area (Å²) in [6.45, 7) is 4.07. The summed E-state index contributed by atoms with van der Waals surface area (Å²) >= 11 is 0. The van der Waals surface area contributed by atoms with Crippen LogP contribution in [-0.2, 0) is 11.3 Å². The Morgan fingerprint density at radius 2 is 1.95 bits per heavy atom. The fraction of sp³-hybridized carbons (Fsp3) is 0.562. The summed E-state index contributed by atoms with van der Waals surface area (Å²) in [6, 6.07) is 6.52. The lowest BCUT2D eigenvalue weighted by molar-refractivity contribution is -0.137. The highest BCUT2D eigenvalue weighted by Crippen LogP contribution is 2.14. The maximum Gasteiger partial charge on any atom is 0.239 e. The van der Waals surface area contributed by atoms with Crippen molar-refractivity contribution >= 4 is 5.91 Å². The first-order valence-electron chi connectivity index (χ1n) is 7.32. The third-order valence-corrected chi connectivity index (χ3v) is 4.06. The number of hydrogen-bond donors (Lipinski definition) is 0. The van der Waals surface area contributed by atoms with Crippen molar-refractivity contribution in [3.63, 3.8) is 0 Å². The Hall–Kier alpha value is -1.42. The van der Waals surface area contributed by atoms with Gasteiger partial charge in [-0.2, -0.15) is 0 Å². The molecule has 0 saturated carbocycles. The summed E-state index contributed by atoms with van der Waals surface area (Å²) in [4.78, 5) is 16.3. The Kier molecular flexibility index (Phi) is 5.12. The number of hydrogen-bond acceptors (Lipinski definition) is 2.